The molecule has 0 fully saturated rings. The van der Waals surface area contributed by atoms with E-state index in [0.717, 1.165) is 24.5 Å². The van der Waals surface area contributed by atoms with Crippen LogP contribution in [0.4, 0.5) is 0 Å². The van der Waals surface area contributed by atoms with E-state index in [2.05, 4.69) is 31.3 Å². The molecule has 2 aliphatic rings. The summed E-state index contributed by atoms with van der Waals surface area (Å²) in [5.74, 6) is 2.51. The second-order valence-electron chi connectivity index (χ2n) is 5.29. The molecule has 3 nitrogen and oxygen atoms in total. The molecule has 1 aromatic carbocycles. The predicted octanol–water partition coefficient (Wildman–Crippen LogP) is 2.65. The number of rotatable bonds is 2. The minimum Gasteiger partial charge on any atom is -0.454 e. The predicted molar refractivity (Wildman–Crippen MR) is 66.5 cm³/mol. The quantitative estimate of drug-likeness (QED) is 0.851. The standard InChI is InChI=1S/C14H19NO2/c1-9(2)5-12-11-7-14-13(16-8-17-14)6-10(11)3-4-15-12/h6-7,9,12,15H,3-5,8H2,1-2H3. The first-order chi connectivity index (χ1) is 8.24. The third kappa shape index (κ3) is 2.00. The average molecular weight is 233 g/mol. The normalized spacial score (nSPS) is 21.7. The Bertz CT molecular complexity index is 428. The Balaban J connectivity index is 1.96. The molecule has 1 N–H and O–H groups in total. The van der Waals surface area contributed by atoms with E-state index in [1.807, 2.05) is 0 Å². The Morgan fingerprint density at radius 1 is 1.29 bits per heavy atom. The smallest absolute Gasteiger partial charge is 0.231 e. The van der Waals surface area contributed by atoms with Gasteiger partial charge in [-0.25, -0.2) is 0 Å². The third-order valence-corrected chi connectivity index (χ3v) is 3.50. The van der Waals surface area contributed by atoms with Gasteiger partial charge in [0.25, 0.3) is 0 Å². The van der Waals surface area contributed by atoms with Crippen molar-refractivity contribution in [2.24, 2.45) is 5.92 Å². The summed E-state index contributed by atoms with van der Waals surface area (Å²) in [6, 6.07) is 4.79. The van der Waals surface area contributed by atoms with Crippen LogP contribution in [0.5, 0.6) is 11.5 Å². The highest BCUT2D eigenvalue weighted by Gasteiger charge is 2.25. The molecule has 0 spiro atoms. The lowest BCUT2D eigenvalue weighted by atomic mass is 9.89. The molecule has 0 saturated heterocycles. The Labute approximate surface area is 102 Å². The number of hydrogen-bond donors (Lipinski definition) is 1. The second-order valence-corrected chi connectivity index (χ2v) is 5.29. The lowest BCUT2D eigenvalue weighted by Gasteiger charge is -2.28. The molecule has 92 valence electrons. The third-order valence-electron chi connectivity index (χ3n) is 3.50. The molecule has 1 aromatic rings. The van der Waals surface area contributed by atoms with Crippen LogP contribution in [0.3, 0.4) is 0 Å². The molecule has 1 unspecified atom stereocenters. The number of fused-ring (bicyclic) bond motifs is 2. The van der Waals surface area contributed by atoms with Crippen molar-refractivity contribution >= 4 is 0 Å². The Morgan fingerprint density at radius 3 is 2.82 bits per heavy atom. The molecule has 0 bridgehead atoms. The lowest BCUT2D eigenvalue weighted by Crippen LogP contribution is -2.30. The summed E-state index contributed by atoms with van der Waals surface area (Å²) in [6.07, 6.45) is 2.26. The maximum atomic E-state index is 5.47. The molecular weight excluding hydrogens is 214 g/mol. The number of hydrogen-bond acceptors (Lipinski definition) is 3. The fraction of sp³-hybridized carbons (Fsp3) is 0.571. The van der Waals surface area contributed by atoms with Gasteiger partial charge in [0.05, 0.1) is 0 Å². The highest BCUT2D eigenvalue weighted by atomic mass is 16.7. The van der Waals surface area contributed by atoms with Crippen LogP contribution in [0.15, 0.2) is 12.1 Å². The molecule has 0 aliphatic carbocycles. The summed E-state index contributed by atoms with van der Waals surface area (Å²) in [4.78, 5) is 0. The summed E-state index contributed by atoms with van der Waals surface area (Å²) < 4.78 is 10.9. The highest BCUT2D eigenvalue weighted by molar-refractivity contribution is 5.50. The van der Waals surface area contributed by atoms with Gasteiger partial charge in [0, 0.05) is 6.04 Å². The van der Waals surface area contributed by atoms with Crippen LogP contribution in [0.1, 0.15) is 37.4 Å². The minimum atomic E-state index is 0.362. The first kappa shape index (κ1) is 10.9. The van der Waals surface area contributed by atoms with Gasteiger partial charge in [0.1, 0.15) is 0 Å². The SMILES string of the molecule is CC(C)CC1NCCc2cc3c(cc21)OCO3. The van der Waals surface area contributed by atoms with Gasteiger partial charge in [-0.15, -0.1) is 0 Å². The molecule has 0 amide bonds. The molecular formula is C14H19NO2. The van der Waals surface area contributed by atoms with Gasteiger partial charge in [0.2, 0.25) is 6.79 Å². The zero-order chi connectivity index (χ0) is 11.8. The molecule has 0 saturated carbocycles. The molecule has 1 atom stereocenters. The van der Waals surface area contributed by atoms with Crippen molar-refractivity contribution in [3.05, 3.63) is 23.3 Å². The van der Waals surface area contributed by atoms with Crippen LogP contribution in [-0.4, -0.2) is 13.3 Å². The summed E-state index contributed by atoms with van der Waals surface area (Å²) in [7, 11) is 0. The summed E-state index contributed by atoms with van der Waals surface area (Å²) in [6.45, 7) is 5.95. The van der Waals surface area contributed by atoms with Crippen molar-refractivity contribution in [2.45, 2.75) is 32.7 Å². The van der Waals surface area contributed by atoms with Crippen molar-refractivity contribution in [1.29, 1.82) is 0 Å². The van der Waals surface area contributed by atoms with E-state index < -0.39 is 0 Å². The van der Waals surface area contributed by atoms with E-state index in [0.29, 0.717) is 18.8 Å². The van der Waals surface area contributed by atoms with Crippen molar-refractivity contribution in [3.8, 4) is 11.5 Å². The van der Waals surface area contributed by atoms with Gasteiger partial charge in [-0.2, -0.15) is 0 Å². The highest BCUT2D eigenvalue weighted by Crippen LogP contribution is 2.39. The Morgan fingerprint density at radius 2 is 2.06 bits per heavy atom. The summed E-state index contributed by atoms with van der Waals surface area (Å²) in [5.41, 5.74) is 2.81. The number of nitrogens with one attached hydrogen (secondary N) is 1. The van der Waals surface area contributed by atoms with E-state index in [4.69, 9.17) is 9.47 Å². The molecule has 3 heteroatoms. The van der Waals surface area contributed by atoms with Crippen molar-refractivity contribution in [1.82, 2.24) is 5.32 Å². The average Bonchev–Trinajstić information content (AvgIpc) is 2.73. The van der Waals surface area contributed by atoms with Gasteiger partial charge in [0.15, 0.2) is 11.5 Å². The monoisotopic (exact) mass is 233 g/mol. The Hall–Kier alpha value is -1.22. The van der Waals surface area contributed by atoms with E-state index in [9.17, 15) is 0 Å². The van der Waals surface area contributed by atoms with Gasteiger partial charge in [-0.05, 0) is 48.6 Å². The second kappa shape index (κ2) is 4.22. The van der Waals surface area contributed by atoms with Crippen LogP contribution >= 0.6 is 0 Å². The van der Waals surface area contributed by atoms with Crippen molar-refractivity contribution in [3.63, 3.8) is 0 Å². The minimum absolute atomic E-state index is 0.362. The fourth-order valence-electron chi connectivity index (χ4n) is 2.71. The van der Waals surface area contributed by atoms with Crippen LogP contribution in [0.2, 0.25) is 0 Å². The van der Waals surface area contributed by atoms with Crippen LogP contribution in [-0.2, 0) is 6.42 Å². The molecule has 2 heterocycles. The first-order valence-corrected chi connectivity index (χ1v) is 6.40. The molecule has 17 heavy (non-hydrogen) atoms. The zero-order valence-electron chi connectivity index (χ0n) is 10.5. The number of ether oxygens (including phenoxy) is 2. The van der Waals surface area contributed by atoms with Crippen molar-refractivity contribution < 1.29 is 9.47 Å². The fourth-order valence-corrected chi connectivity index (χ4v) is 2.71. The lowest BCUT2D eigenvalue weighted by molar-refractivity contribution is 0.174. The van der Waals surface area contributed by atoms with E-state index in [1.54, 1.807) is 0 Å². The van der Waals surface area contributed by atoms with Crippen LogP contribution < -0.4 is 14.8 Å². The maximum Gasteiger partial charge on any atom is 0.231 e. The summed E-state index contributed by atoms with van der Waals surface area (Å²) in [5, 5.41) is 3.60. The van der Waals surface area contributed by atoms with Crippen LogP contribution in [0, 0.1) is 5.92 Å². The largest absolute Gasteiger partial charge is 0.454 e. The molecule has 0 radical (unpaired) electrons. The zero-order valence-corrected chi connectivity index (χ0v) is 10.5. The van der Waals surface area contributed by atoms with Gasteiger partial charge < -0.3 is 14.8 Å². The van der Waals surface area contributed by atoms with Gasteiger partial charge in [-0.1, -0.05) is 13.8 Å². The van der Waals surface area contributed by atoms with E-state index in [1.165, 1.54) is 17.5 Å². The van der Waals surface area contributed by atoms with Crippen LogP contribution in [0.25, 0.3) is 0 Å². The maximum absolute atomic E-state index is 5.47. The van der Waals surface area contributed by atoms with Gasteiger partial charge in [-0.3, -0.25) is 0 Å². The van der Waals surface area contributed by atoms with E-state index >= 15 is 0 Å². The number of benzene rings is 1. The van der Waals surface area contributed by atoms with E-state index in [-0.39, 0.29) is 0 Å². The topological polar surface area (TPSA) is 30.5 Å². The Kier molecular flexibility index (Phi) is 2.71. The van der Waals surface area contributed by atoms with Crippen molar-refractivity contribution in [2.75, 3.05) is 13.3 Å². The first-order valence-electron chi connectivity index (χ1n) is 6.40. The molecule has 2 aliphatic heterocycles. The molecule has 3 rings (SSSR count). The summed E-state index contributed by atoms with van der Waals surface area (Å²) >= 11 is 0. The van der Waals surface area contributed by atoms with Gasteiger partial charge >= 0.3 is 0 Å². The molecule has 0 aromatic heterocycles.